The lowest BCUT2D eigenvalue weighted by atomic mass is 10.1. The molecule has 0 saturated heterocycles. The predicted octanol–water partition coefficient (Wildman–Crippen LogP) is 1.86. The quantitative estimate of drug-likeness (QED) is 0.754. The Bertz CT molecular complexity index is 735. The number of carboxylic acid groups (broad SMARTS) is 1. The smallest absolute Gasteiger partial charge is 0.340 e. The van der Waals surface area contributed by atoms with E-state index in [1.807, 2.05) is 12.1 Å². The molecule has 7 nitrogen and oxygen atoms in total. The molecule has 0 fully saturated rings. The SMILES string of the molecule is CCCc1ccc(NS(=O)(=O)c2[nH]ncc2C(=O)O)cc1. The van der Waals surface area contributed by atoms with Crippen molar-refractivity contribution < 1.29 is 18.3 Å². The van der Waals surface area contributed by atoms with Crippen LogP contribution in [0, 0.1) is 0 Å². The molecule has 1 heterocycles. The summed E-state index contributed by atoms with van der Waals surface area (Å²) < 4.78 is 26.6. The molecule has 112 valence electrons. The molecule has 0 saturated carbocycles. The summed E-state index contributed by atoms with van der Waals surface area (Å²) in [5, 5.41) is 14.1. The van der Waals surface area contributed by atoms with Crippen molar-refractivity contribution in [3.63, 3.8) is 0 Å². The van der Waals surface area contributed by atoms with Gasteiger partial charge in [0, 0.05) is 5.69 Å². The van der Waals surface area contributed by atoms with E-state index in [4.69, 9.17) is 5.11 Å². The standard InChI is InChI=1S/C13H15N3O4S/c1-2-3-9-4-6-10(7-5-9)16-21(19,20)12-11(13(17)18)8-14-15-12/h4-8,16H,2-3H2,1H3,(H,14,15)(H,17,18). The average Bonchev–Trinajstić information content (AvgIpc) is 2.91. The molecule has 1 aromatic carbocycles. The van der Waals surface area contributed by atoms with Crippen molar-refractivity contribution in [3.05, 3.63) is 41.6 Å². The number of carboxylic acids is 1. The second kappa shape index (κ2) is 5.96. The number of aromatic amines is 1. The Labute approximate surface area is 122 Å². The number of aryl methyl sites for hydroxylation is 1. The molecule has 0 aliphatic rings. The molecule has 0 spiro atoms. The number of hydrogen-bond donors (Lipinski definition) is 3. The summed E-state index contributed by atoms with van der Waals surface area (Å²) in [6.07, 6.45) is 2.87. The first kappa shape index (κ1) is 15.0. The van der Waals surface area contributed by atoms with Gasteiger partial charge in [-0.2, -0.15) is 13.5 Å². The normalized spacial score (nSPS) is 11.3. The monoisotopic (exact) mass is 309 g/mol. The molecular weight excluding hydrogens is 294 g/mol. The van der Waals surface area contributed by atoms with Crippen LogP contribution >= 0.6 is 0 Å². The summed E-state index contributed by atoms with van der Waals surface area (Å²) in [7, 11) is -4.02. The number of H-pyrrole nitrogens is 1. The van der Waals surface area contributed by atoms with Crippen LogP contribution in [0.5, 0.6) is 0 Å². The molecule has 0 unspecified atom stereocenters. The Morgan fingerprint density at radius 2 is 2.00 bits per heavy atom. The lowest BCUT2D eigenvalue weighted by Gasteiger charge is -2.08. The van der Waals surface area contributed by atoms with Crippen molar-refractivity contribution in [1.82, 2.24) is 10.2 Å². The highest BCUT2D eigenvalue weighted by atomic mass is 32.2. The maximum Gasteiger partial charge on any atom is 0.340 e. The minimum atomic E-state index is -4.02. The minimum Gasteiger partial charge on any atom is -0.478 e. The zero-order valence-electron chi connectivity index (χ0n) is 11.3. The highest BCUT2D eigenvalue weighted by Crippen LogP contribution is 2.18. The summed E-state index contributed by atoms with van der Waals surface area (Å²) in [6.45, 7) is 2.06. The summed E-state index contributed by atoms with van der Waals surface area (Å²) in [6, 6.07) is 6.93. The predicted molar refractivity (Wildman–Crippen MR) is 76.8 cm³/mol. The number of carbonyl (C=O) groups is 1. The molecule has 1 aromatic heterocycles. The van der Waals surface area contributed by atoms with Crippen LogP contribution in [0.1, 0.15) is 29.3 Å². The van der Waals surface area contributed by atoms with Crippen molar-refractivity contribution in [1.29, 1.82) is 0 Å². The van der Waals surface area contributed by atoms with Crippen molar-refractivity contribution in [2.75, 3.05) is 4.72 Å². The molecule has 8 heteroatoms. The van der Waals surface area contributed by atoms with Gasteiger partial charge in [-0.1, -0.05) is 25.5 Å². The zero-order chi connectivity index (χ0) is 15.5. The van der Waals surface area contributed by atoms with Gasteiger partial charge in [0.25, 0.3) is 10.0 Å². The molecule has 3 N–H and O–H groups in total. The Kier molecular flexibility index (Phi) is 4.27. The number of benzene rings is 1. The van der Waals surface area contributed by atoms with Gasteiger partial charge in [-0.15, -0.1) is 0 Å². The third-order valence-electron chi connectivity index (χ3n) is 2.85. The number of aromatic carboxylic acids is 1. The van der Waals surface area contributed by atoms with Gasteiger partial charge in [0.2, 0.25) is 0 Å². The second-order valence-corrected chi connectivity index (χ2v) is 6.09. The fraction of sp³-hybridized carbons (Fsp3) is 0.231. The van der Waals surface area contributed by atoms with Crippen LogP contribution in [0.3, 0.4) is 0 Å². The minimum absolute atomic E-state index is 0.362. The van der Waals surface area contributed by atoms with Gasteiger partial charge in [-0.3, -0.25) is 9.82 Å². The van der Waals surface area contributed by atoms with Crippen LogP contribution in [-0.4, -0.2) is 29.7 Å². The molecule has 0 bridgehead atoms. The number of hydrogen-bond acceptors (Lipinski definition) is 4. The van der Waals surface area contributed by atoms with Crippen LogP contribution < -0.4 is 4.72 Å². The first-order chi connectivity index (χ1) is 9.94. The van der Waals surface area contributed by atoms with Crippen molar-refractivity contribution in [2.45, 2.75) is 24.8 Å². The summed E-state index contributed by atoms with van der Waals surface area (Å²) >= 11 is 0. The Hall–Kier alpha value is -2.35. The molecule has 0 atom stereocenters. The first-order valence-corrected chi connectivity index (χ1v) is 7.80. The third-order valence-corrected chi connectivity index (χ3v) is 4.20. The Balaban J connectivity index is 2.25. The molecule has 0 aliphatic heterocycles. The fourth-order valence-electron chi connectivity index (χ4n) is 1.87. The van der Waals surface area contributed by atoms with Gasteiger partial charge in [-0.25, -0.2) is 4.79 Å². The van der Waals surface area contributed by atoms with Crippen LogP contribution in [0.15, 0.2) is 35.5 Å². The summed E-state index contributed by atoms with van der Waals surface area (Å²) in [4.78, 5) is 10.9. The second-order valence-electron chi connectivity index (χ2n) is 4.47. The molecule has 0 amide bonds. The summed E-state index contributed by atoms with van der Waals surface area (Å²) in [5.41, 5.74) is 1.07. The highest BCUT2D eigenvalue weighted by molar-refractivity contribution is 7.92. The van der Waals surface area contributed by atoms with Gasteiger partial charge < -0.3 is 5.11 Å². The Morgan fingerprint density at radius 1 is 1.33 bits per heavy atom. The molecular formula is C13H15N3O4S. The zero-order valence-corrected chi connectivity index (χ0v) is 12.1. The number of aromatic nitrogens is 2. The molecule has 21 heavy (non-hydrogen) atoms. The van der Waals surface area contributed by atoms with Crippen LogP contribution in [0.25, 0.3) is 0 Å². The van der Waals surface area contributed by atoms with Crippen molar-refractivity contribution in [2.24, 2.45) is 0 Å². The fourth-order valence-corrected chi connectivity index (χ4v) is 3.02. The highest BCUT2D eigenvalue weighted by Gasteiger charge is 2.24. The number of sulfonamides is 1. The third kappa shape index (κ3) is 3.40. The topological polar surface area (TPSA) is 112 Å². The lowest BCUT2D eigenvalue weighted by molar-refractivity contribution is 0.0692. The number of anilines is 1. The van der Waals surface area contributed by atoms with E-state index in [-0.39, 0.29) is 0 Å². The van der Waals surface area contributed by atoms with Gasteiger partial charge in [0.1, 0.15) is 5.56 Å². The van der Waals surface area contributed by atoms with E-state index in [0.717, 1.165) is 24.6 Å². The van der Waals surface area contributed by atoms with Crippen LogP contribution in [0.2, 0.25) is 0 Å². The number of nitrogens with one attached hydrogen (secondary N) is 2. The van der Waals surface area contributed by atoms with Gasteiger partial charge >= 0.3 is 5.97 Å². The number of nitrogens with zero attached hydrogens (tertiary/aromatic N) is 1. The Morgan fingerprint density at radius 3 is 2.57 bits per heavy atom. The van der Waals surface area contributed by atoms with Crippen LogP contribution in [0.4, 0.5) is 5.69 Å². The molecule has 2 aromatic rings. The van der Waals surface area contributed by atoms with E-state index >= 15 is 0 Å². The molecule has 0 radical (unpaired) electrons. The van der Waals surface area contributed by atoms with Gasteiger partial charge in [0.15, 0.2) is 5.03 Å². The van der Waals surface area contributed by atoms with Crippen LogP contribution in [-0.2, 0) is 16.4 Å². The first-order valence-electron chi connectivity index (χ1n) is 6.32. The summed E-state index contributed by atoms with van der Waals surface area (Å²) in [5.74, 6) is -1.36. The van der Waals surface area contributed by atoms with E-state index in [0.29, 0.717) is 5.69 Å². The number of rotatable bonds is 6. The molecule has 0 aliphatic carbocycles. The van der Waals surface area contributed by atoms with Gasteiger partial charge in [0.05, 0.1) is 6.20 Å². The van der Waals surface area contributed by atoms with E-state index in [9.17, 15) is 13.2 Å². The maximum atomic E-state index is 12.2. The van der Waals surface area contributed by atoms with E-state index < -0.39 is 26.6 Å². The van der Waals surface area contributed by atoms with Crippen molar-refractivity contribution >= 4 is 21.7 Å². The van der Waals surface area contributed by atoms with Gasteiger partial charge in [-0.05, 0) is 24.1 Å². The van der Waals surface area contributed by atoms with Crippen molar-refractivity contribution in [3.8, 4) is 0 Å². The van der Waals surface area contributed by atoms with E-state index in [1.54, 1.807) is 12.1 Å². The average molecular weight is 309 g/mol. The largest absolute Gasteiger partial charge is 0.478 e. The maximum absolute atomic E-state index is 12.2. The van der Waals surface area contributed by atoms with E-state index in [2.05, 4.69) is 21.8 Å². The lowest BCUT2D eigenvalue weighted by Crippen LogP contribution is -2.16. The van der Waals surface area contributed by atoms with E-state index in [1.165, 1.54) is 0 Å². The molecule has 2 rings (SSSR count).